The molecule has 0 saturated heterocycles. The Morgan fingerprint density at radius 1 is 1.00 bits per heavy atom. The number of para-hydroxylation sites is 1. The number of nitrogens with zero attached hydrogens (tertiary/aromatic N) is 1. The van der Waals surface area contributed by atoms with Crippen LogP contribution < -0.4 is 5.32 Å². The first-order chi connectivity index (χ1) is 10.3. The molecule has 3 aromatic rings. The number of fused-ring (bicyclic) bond motifs is 2. The number of benzene rings is 2. The van der Waals surface area contributed by atoms with Crippen molar-refractivity contribution in [1.29, 1.82) is 0 Å². The fourth-order valence-corrected chi connectivity index (χ4v) is 3.52. The zero-order chi connectivity index (χ0) is 14.2. The molecule has 2 nitrogen and oxygen atoms in total. The second kappa shape index (κ2) is 5.05. The maximum atomic E-state index is 3.74. The van der Waals surface area contributed by atoms with Crippen LogP contribution in [0.15, 0.2) is 54.7 Å². The predicted octanol–water partition coefficient (Wildman–Crippen LogP) is 3.44. The van der Waals surface area contributed by atoms with Gasteiger partial charge in [-0.2, -0.15) is 0 Å². The molecule has 2 aromatic carbocycles. The van der Waals surface area contributed by atoms with Crippen LogP contribution in [0, 0.1) is 0 Å². The van der Waals surface area contributed by atoms with Gasteiger partial charge in [-0.3, -0.25) is 0 Å². The summed E-state index contributed by atoms with van der Waals surface area (Å²) in [4.78, 5) is 0. The summed E-state index contributed by atoms with van der Waals surface area (Å²) in [6.07, 6.45) is 4.56. The van der Waals surface area contributed by atoms with E-state index in [1.165, 1.54) is 27.6 Å². The van der Waals surface area contributed by atoms with Crippen LogP contribution in [0.1, 0.15) is 16.7 Å². The second-order valence-electron chi connectivity index (χ2n) is 6.04. The smallest absolute Gasteiger partial charge is 0.0481 e. The average molecular weight is 276 g/mol. The number of aryl methyl sites for hydroxylation is 1. The van der Waals surface area contributed by atoms with Crippen LogP contribution in [0.25, 0.3) is 10.9 Å². The first-order valence-corrected chi connectivity index (χ1v) is 7.64. The van der Waals surface area contributed by atoms with Crippen LogP contribution in [0.5, 0.6) is 0 Å². The summed E-state index contributed by atoms with van der Waals surface area (Å²) >= 11 is 0. The van der Waals surface area contributed by atoms with Gasteiger partial charge in [0.15, 0.2) is 0 Å². The van der Waals surface area contributed by atoms with Gasteiger partial charge >= 0.3 is 0 Å². The number of hydrogen-bond donors (Lipinski definition) is 1. The zero-order valence-electron chi connectivity index (χ0n) is 12.3. The van der Waals surface area contributed by atoms with Crippen molar-refractivity contribution in [3.63, 3.8) is 0 Å². The molecule has 0 aliphatic heterocycles. The molecule has 1 aliphatic carbocycles. The Hall–Kier alpha value is -2.06. The topological polar surface area (TPSA) is 17.0 Å². The highest BCUT2D eigenvalue weighted by molar-refractivity contribution is 5.83. The Labute approximate surface area is 125 Å². The van der Waals surface area contributed by atoms with Gasteiger partial charge in [0.25, 0.3) is 0 Å². The van der Waals surface area contributed by atoms with Crippen LogP contribution in [-0.2, 0) is 26.4 Å². The van der Waals surface area contributed by atoms with Gasteiger partial charge in [-0.25, -0.2) is 0 Å². The molecule has 0 amide bonds. The molecule has 0 saturated carbocycles. The van der Waals surface area contributed by atoms with Gasteiger partial charge in [-0.05, 0) is 35.6 Å². The molecule has 0 bridgehead atoms. The fraction of sp³-hybridized carbons (Fsp3) is 0.263. The Morgan fingerprint density at radius 2 is 1.67 bits per heavy atom. The van der Waals surface area contributed by atoms with E-state index in [4.69, 9.17) is 0 Å². The lowest BCUT2D eigenvalue weighted by Crippen LogP contribution is -2.28. The highest BCUT2D eigenvalue weighted by Gasteiger charge is 2.20. The molecule has 0 unspecified atom stereocenters. The number of hydrogen-bond acceptors (Lipinski definition) is 1. The maximum Gasteiger partial charge on any atom is 0.0481 e. The molecule has 1 N–H and O–H groups in total. The largest absolute Gasteiger partial charge is 0.350 e. The van der Waals surface area contributed by atoms with E-state index in [0.29, 0.717) is 6.04 Å². The summed E-state index contributed by atoms with van der Waals surface area (Å²) in [7, 11) is 2.12. The van der Waals surface area contributed by atoms with Crippen molar-refractivity contribution in [3.05, 3.63) is 71.4 Å². The van der Waals surface area contributed by atoms with Crippen molar-refractivity contribution in [3.8, 4) is 0 Å². The third-order valence-electron chi connectivity index (χ3n) is 4.61. The van der Waals surface area contributed by atoms with Crippen molar-refractivity contribution in [1.82, 2.24) is 9.88 Å². The molecule has 106 valence electrons. The van der Waals surface area contributed by atoms with Crippen molar-refractivity contribution in [2.45, 2.75) is 25.4 Å². The molecule has 4 rings (SSSR count). The second-order valence-corrected chi connectivity index (χ2v) is 6.04. The molecule has 0 radical (unpaired) electrons. The monoisotopic (exact) mass is 276 g/mol. The Kier molecular flexibility index (Phi) is 3.04. The maximum absolute atomic E-state index is 3.74. The standard InChI is InChI=1S/C19H20N2/c1-21-13-16(18-8-4-5-9-19(18)21)12-20-17-10-14-6-2-3-7-15(14)11-17/h2-9,13,17,20H,10-12H2,1H3. The molecule has 2 heteroatoms. The summed E-state index contributed by atoms with van der Waals surface area (Å²) in [5.41, 5.74) is 5.72. The minimum atomic E-state index is 0.571. The SMILES string of the molecule is Cn1cc(CNC2Cc3ccccc3C2)c2ccccc21. The van der Waals surface area contributed by atoms with E-state index in [-0.39, 0.29) is 0 Å². The van der Waals surface area contributed by atoms with Gasteiger partial charge in [0.2, 0.25) is 0 Å². The quantitative estimate of drug-likeness (QED) is 0.775. The van der Waals surface area contributed by atoms with Crippen molar-refractivity contribution < 1.29 is 0 Å². The highest BCUT2D eigenvalue weighted by atomic mass is 14.9. The van der Waals surface area contributed by atoms with Crippen LogP contribution in [0.2, 0.25) is 0 Å². The van der Waals surface area contributed by atoms with Gasteiger partial charge in [0.05, 0.1) is 0 Å². The van der Waals surface area contributed by atoms with E-state index >= 15 is 0 Å². The molecule has 0 fully saturated rings. The summed E-state index contributed by atoms with van der Waals surface area (Å²) in [6.45, 7) is 0.944. The normalized spacial score (nSPS) is 14.7. The summed E-state index contributed by atoms with van der Waals surface area (Å²) < 4.78 is 2.22. The van der Waals surface area contributed by atoms with E-state index in [1.54, 1.807) is 0 Å². The molecule has 1 heterocycles. The van der Waals surface area contributed by atoms with Crippen molar-refractivity contribution in [2.75, 3.05) is 0 Å². The minimum Gasteiger partial charge on any atom is -0.350 e. The highest BCUT2D eigenvalue weighted by Crippen LogP contribution is 2.23. The van der Waals surface area contributed by atoms with E-state index in [0.717, 1.165) is 19.4 Å². The summed E-state index contributed by atoms with van der Waals surface area (Å²) in [5, 5.41) is 5.10. The Morgan fingerprint density at radius 3 is 2.43 bits per heavy atom. The van der Waals surface area contributed by atoms with Gasteiger partial charge in [0, 0.05) is 36.7 Å². The van der Waals surface area contributed by atoms with Gasteiger partial charge in [-0.1, -0.05) is 42.5 Å². The number of aromatic nitrogens is 1. The third-order valence-corrected chi connectivity index (χ3v) is 4.61. The lowest BCUT2D eigenvalue weighted by Gasteiger charge is -2.11. The third kappa shape index (κ3) is 2.26. The van der Waals surface area contributed by atoms with E-state index < -0.39 is 0 Å². The fourth-order valence-electron chi connectivity index (χ4n) is 3.52. The van der Waals surface area contributed by atoms with Gasteiger partial charge in [-0.15, -0.1) is 0 Å². The average Bonchev–Trinajstić information content (AvgIpc) is 3.07. The molecule has 1 aromatic heterocycles. The van der Waals surface area contributed by atoms with E-state index in [2.05, 4.69) is 71.7 Å². The van der Waals surface area contributed by atoms with E-state index in [1.807, 2.05) is 0 Å². The van der Waals surface area contributed by atoms with Crippen LogP contribution in [0.4, 0.5) is 0 Å². The lowest BCUT2D eigenvalue weighted by atomic mass is 10.1. The first kappa shape index (κ1) is 12.7. The molecule has 21 heavy (non-hydrogen) atoms. The van der Waals surface area contributed by atoms with Gasteiger partial charge < -0.3 is 9.88 Å². The van der Waals surface area contributed by atoms with E-state index in [9.17, 15) is 0 Å². The molecule has 0 spiro atoms. The summed E-state index contributed by atoms with van der Waals surface area (Å²) in [6, 6.07) is 18.0. The predicted molar refractivity (Wildman–Crippen MR) is 87.4 cm³/mol. The van der Waals surface area contributed by atoms with Gasteiger partial charge in [0.1, 0.15) is 0 Å². The Bertz CT molecular complexity index is 760. The zero-order valence-corrected chi connectivity index (χ0v) is 12.3. The van der Waals surface area contributed by atoms with Crippen molar-refractivity contribution in [2.24, 2.45) is 7.05 Å². The number of nitrogens with one attached hydrogen (secondary N) is 1. The summed E-state index contributed by atoms with van der Waals surface area (Å²) in [5.74, 6) is 0. The lowest BCUT2D eigenvalue weighted by molar-refractivity contribution is 0.534. The van der Waals surface area contributed by atoms with Crippen LogP contribution in [-0.4, -0.2) is 10.6 Å². The Balaban J connectivity index is 1.50. The molecular formula is C19H20N2. The minimum absolute atomic E-state index is 0.571. The molecule has 1 aliphatic rings. The molecule has 0 atom stereocenters. The molecular weight excluding hydrogens is 256 g/mol. The van der Waals surface area contributed by atoms with Crippen molar-refractivity contribution >= 4 is 10.9 Å². The number of rotatable bonds is 3. The first-order valence-electron chi connectivity index (χ1n) is 7.64. The van der Waals surface area contributed by atoms with Crippen LogP contribution >= 0.6 is 0 Å². The van der Waals surface area contributed by atoms with Crippen LogP contribution in [0.3, 0.4) is 0 Å².